The minimum atomic E-state index is 0.486. The van der Waals surface area contributed by atoms with Crippen molar-refractivity contribution in [2.45, 2.75) is 0 Å². The number of rotatable bonds is 2. The highest BCUT2D eigenvalue weighted by Crippen LogP contribution is 2.31. The molecule has 1 saturated carbocycles. The standard InChI is InChI=1S/C8H6ClO/c9-8(5-6-10)7-3-1-2-4-7/h1-6H. The van der Waals surface area contributed by atoms with E-state index < -0.39 is 0 Å². The Morgan fingerprint density at radius 3 is 2.50 bits per heavy atom. The minimum Gasteiger partial charge on any atom is -0.299 e. The summed E-state index contributed by atoms with van der Waals surface area (Å²) in [5.74, 6) is 0.883. The zero-order valence-electron chi connectivity index (χ0n) is 5.25. The van der Waals surface area contributed by atoms with Gasteiger partial charge in [0.25, 0.3) is 0 Å². The van der Waals surface area contributed by atoms with Crippen LogP contribution >= 0.6 is 11.6 Å². The molecule has 0 atom stereocenters. The van der Waals surface area contributed by atoms with Crippen LogP contribution in [0.5, 0.6) is 0 Å². The Morgan fingerprint density at radius 1 is 1.40 bits per heavy atom. The van der Waals surface area contributed by atoms with E-state index in [1.807, 2.05) is 25.7 Å². The van der Waals surface area contributed by atoms with Crippen LogP contribution in [-0.4, -0.2) is 6.29 Å². The molecular weight excluding hydrogens is 148 g/mol. The summed E-state index contributed by atoms with van der Waals surface area (Å²) < 4.78 is 0. The molecule has 0 aromatic rings. The maximum Gasteiger partial charge on any atom is 0.144 e. The Balaban J connectivity index is 2.46. The third-order valence-electron chi connectivity index (χ3n) is 1.15. The summed E-state index contributed by atoms with van der Waals surface area (Å²) >= 11 is 5.68. The number of aldehydes is 1. The van der Waals surface area contributed by atoms with Crippen molar-refractivity contribution in [3.63, 3.8) is 0 Å². The summed E-state index contributed by atoms with van der Waals surface area (Å²) in [5.41, 5.74) is 0. The van der Waals surface area contributed by atoms with E-state index >= 15 is 0 Å². The van der Waals surface area contributed by atoms with Gasteiger partial charge in [0.2, 0.25) is 0 Å². The highest BCUT2D eigenvalue weighted by Gasteiger charge is 2.19. The van der Waals surface area contributed by atoms with Crippen LogP contribution in [0.3, 0.4) is 0 Å². The summed E-state index contributed by atoms with van der Waals surface area (Å²) in [6.07, 6.45) is 9.45. The summed E-state index contributed by atoms with van der Waals surface area (Å²) in [6.45, 7) is 0. The van der Waals surface area contributed by atoms with E-state index in [2.05, 4.69) is 0 Å². The lowest BCUT2D eigenvalue weighted by atomic mass is 10.1. The molecule has 1 aliphatic rings. The predicted molar refractivity (Wildman–Crippen MR) is 40.4 cm³/mol. The zero-order valence-corrected chi connectivity index (χ0v) is 6.01. The molecule has 0 aromatic carbocycles. The largest absolute Gasteiger partial charge is 0.299 e. The fraction of sp³-hybridized carbons (Fsp3) is 0. The number of carbonyl (C=O) groups is 1. The van der Waals surface area contributed by atoms with Crippen LogP contribution < -0.4 is 0 Å². The van der Waals surface area contributed by atoms with Crippen molar-refractivity contribution < 1.29 is 4.79 Å². The number of allylic oxidation sites excluding steroid dienone is 2. The molecule has 1 fully saturated rings. The fourth-order valence-corrected chi connectivity index (χ4v) is 0.867. The van der Waals surface area contributed by atoms with Gasteiger partial charge in [-0.2, -0.15) is 0 Å². The molecule has 1 aliphatic carbocycles. The molecule has 2 heteroatoms. The monoisotopic (exact) mass is 153 g/mol. The van der Waals surface area contributed by atoms with Gasteiger partial charge in [0.05, 0.1) is 0 Å². The normalized spacial score (nSPS) is 21.5. The van der Waals surface area contributed by atoms with Gasteiger partial charge in [0.15, 0.2) is 0 Å². The molecule has 0 heterocycles. The average Bonchev–Trinajstić information content (AvgIpc) is 2.38. The van der Waals surface area contributed by atoms with Crippen molar-refractivity contribution in [1.82, 2.24) is 0 Å². The van der Waals surface area contributed by atoms with Gasteiger partial charge in [-0.3, -0.25) is 4.79 Å². The van der Waals surface area contributed by atoms with E-state index in [0.717, 1.165) is 5.92 Å². The summed E-state index contributed by atoms with van der Waals surface area (Å²) in [5, 5.41) is 0.486. The highest BCUT2D eigenvalue weighted by atomic mass is 35.5. The molecule has 0 N–H and O–H groups in total. The predicted octanol–water partition coefficient (Wildman–Crippen LogP) is 1.71. The SMILES string of the molecule is O=CC=C(Cl)[C]1[CH][CH][CH][CH]1. The van der Waals surface area contributed by atoms with Crippen molar-refractivity contribution in [1.29, 1.82) is 0 Å². The van der Waals surface area contributed by atoms with Crippen molar-refractivity contribution in [3.8, 4) is 0 Å². The number of halogens is 1. The summed E-state index contributed by atoms with van der Waals surface area (Å²) in [7, 11) is 0. The third kappa shape index (κ3) is 1.84. The van der Waals surface area contributed by atoms with Crippen LogP contribution in [-0.2, 0) is 4.79 Å². The number of hydrogen-bond acceptors (Lipinski definition) is 1. The maximum absolute atomic E-state index is 9.95. The molecule has 51 valence electrons. The second-order valence-corrected chi connectivity index (χ2v) is 2.23. The van der Waals surface area contributed by atoms with Gasteiger partial charge < -0.3 is 0 Å². The quantitative estimate of drug-likeness (QED) is 0.436. The molecule has 0 spiro atoms. The topological polar surface area (TPSA) is 17.1 Å². The van der Waals surface area contributed by atoms with Gasteiger partial charge in [0.1, 0.15) is 6.29 Å². The molecule has 0 unspecified atom stereocenters. The maximum atomic E-state index is 9.95. The second-order valence-electron chi connectivity index (χ2n) is 1.82. The van der Waals surface area contributed by atoms with Crippen LogP contribution in [0, 0.1) is 31.6 Å². The molecule has 0 bridgehead atoms. The Morgan fingerprint density at radius 2 is 2.00 bits per heavy atom. The second kappa shape index (κ2) is 3.77. The Hall–Kier alpha value is -0.300. The van der Waals surface area contributed by atoms with E-state index in [-0.39, 0.29) is 0 Å². The van der Waals surface area contributed by atoms with E-state index in [0.29, 0.717) is 11.3 Å². The van der Waals surface area contributed by atoms with Crippen LogP contribution in [0.4, 0.5) is 0 Å². The Kier molecular flexibility index (Phi) is 2.94. The summed E-state index contributed by atoms with van der Waals surface area (Å²) in [6, 6.07) is 0. The van der Waals surface area contributed by atoms with Crippen LogP contribution in [0.2, 0.25) is 0 Å². The molecule has 0 amide bonds. The smallest absolute Gasteiger partial charge is 0.144 e. The fourth-order valence-electron chi connectivity index (χ4n) is 0.689. The summed E-state index contributed by atoms with van der Waals surface area (Å²) in [4.78, 5) is 9.95. The van der Waals surface area contributed by atoms with E-state index in [9.17, 15) is 4.79 Å². The number of carbonyl (C=O) groups excluding carboxylic acids is 1. The Labute approximate surface area is 66.1 Å². The van der Waals surface area contributed by atoms with Gasteiger partial charge in [-0.1, -0.05) is 11.6 Å². The van der Waals surface area contributed by atoms with Gasteiger partial charge in [0, 0.05) is 11.0 Å². The molecule has 5 radical (unpaired) electrons. The van der Waals surface area contributed by atoms with E-state index in [1.165, 1.54) is 6.08 Å². The molecule has 0 aromatic heterocycles. The van der Waals surface area contributed by atoms with Gasteiger partial charge in [-0.25, -0.2) is 0 Å². The average molecular weight is 154 g/mol. The van der Waals surface area contributed by atoms with Gasteiger partial charge >= 0.3 is 0 Å². The van der Waals surface area contributed by atoms with E-state index in [4.69, 9.17) is 11.6 Å². The third-order valence-corrected chi connectivity index (χ3v) is 1.50. The Bertz CT molecular complexity index is 145. The number of hydrogen-bond donors (Lipinski definition) is 0. The lowest BCUT2D eigenvalue weighted by molar-refractivity contribution is -0.104. The first-order valence-electron chi connectivity index (χ1n) is 2.87. The van der Waals surface area contributed by atoms with Crippen molar-refractivity contribution in [3.05, 3.63) is 42.7 Å². The van der Waals surface area contributed by atoms with Crippen molar-refractivity contribution in [2.75, 3.05) is 0 Å². The molecule has 0 aliphatic heterocycles. The first kappa shape index (κ1) is 7.80. The highest BCUT2D eigenvalue weighted by molar-refractivity contribution is 6.32. The minimum absolute atomic E-state index is 0.486. The van der Waals surface area contributed by atoms with Crippen molar-refractivity contribution in [2.24, 2.45) is 0 Å². The van der Waals surface area contributed by atoms with Crippen LogP contribution in [0.1, 0.15) is 0 Å². The molecular formula is C8H6ClO. The lowest BCUT2D eigenvalue weighted by Gasteiger charge is -2.02. The first-order valence-corrected chi connectivity index (χ1v) is 3.25. The molecule has 0 saturated heterocycles. The molecule has 1 rings (SSSR count). The zero-order chi connectivity index (χ0) is 7.40. The lowest BCUT2D eigenvalue weighted by Crippen LogP contribution is -1.90. The van der Waals surface area contributed by atoms with Gasteiger partial charge in [-0.15, -0.1) is 0 Å². The van der Waals surface area contributed by atoms with Gasteiger partial charge in [-0.05, 0) is 31.8 Å². The van der Waals surface area contributed by atoms with E-state index in [1.54, 1.807) is 0 Å². The van der Waals surface area contributed by atoms with Crippen LogP contribution in [0.15, 0.2) is 11.1 Å². The first-order chi connectivity index (χ1) is 4.84. The molecule has 10 heavy (non-hydrogen) atoms. The molecule has 1 nitrogen and oxygen atoms in total. The van der Waals surface area contributed by atoms with Crippen LogP contribution in [0.25, 0.3) is 0 Å². The van der Waals surface area contributed by atoms with Crippen molar-refractivity contribution >= 4 is 17.9 Å².